The number of amides is 2. The number of piperidine rings is 1. The highest BCUT2D eigenvalue weighted by Crippen LogP contribution is 2.22. The zero-order chi connectivity index (χ0) is 15.4. The molecule has 0 saturated carbocycles. The van der Waals surface area contributed by atoms with Crippen LogP contribution in [0.5, 0.6) is 0 Å². The van der Waals surface area contributed by atoms with E-state index in [-0.39, 0.29) is 22.7 Å². The predicted molar refractivity (Wildman–Crippen MR) is 79.0 cm³/mol. The molecule has 7 heteroatoms. The Hall–Kier alpha value is -1.79. The fraction of sp³-hybridized carbons (Fsp3) is 0.429. The molecule has 1 fully saturated rings. The molecule has 0 aromatic heterocycles. The van der Waals surface area contributed by atoms with E-state index in [4.69, 9.17) is 21.4 Å². The van der Waals surface area contributed by atoms with Gasteiger partial charge in [0, 0.05) is 25.9 Å². The average Bonchev–Trinajstić information content (AvgIpc) is 2.47. The van der Waals surface area contributed by atoms with Crippen molar-refractivity contribution in [2.75, 3.05) is 25.5 Å². The van der Waals surface area contributed by atoms with Crippen LogP contribution in [0.2, 0.25) is 5.02 Å². The lowest BCUT2D eigenvalue weighted by Gasteiger charge is -2.31. The summed E-state index contributed by atoms with van der Waals surface area (Å²) in [5.41, 5.74) is 0.486. The van der Waals surface area contributed by atoms with Crippen LogP contribution in [0.1, 0.15) is 23.2 Å². The number of methoxy groups -OCH3 is 1. The van der Waals surface area contributed by atoms with Gasteiger partial charge in [0.15, 0.2) is 0 Å². The van der Waals surface area contributed by atoms with Gasteiger partial charge in [0.05, 0.1) is 16.7 Å². The summed E-state index contributed by atoms with van der Waals surface area (Å²) in [6.45, 7) is 1.26. The summed E-state index contributed by atoms with van der Waals surface area (Å²) in [5.74, 6) is -1.10. The molecule has 1 heterocycles. The van der Waals surface area contributed by atoms with E-state index in [9.17, 15) is 9.59 Å². The van der Waals surface area contributed by atoms with Crippen LogP contribution in [-0.4, -0.2) is 48.3 Å². The maximum atomic E-state index is 12.1. The van der Waals surface area contributed by atoms with Crippen LogP contribution in [-0.2, 0) is 4.74 Å². The Kier molecular flexibility index (Phi) is 5.03. The first-order chi connectivity index (χ1) is 10.0. The second-order valence-corrected chi connectivity index (χ2v) is 5.26. The average molecular weight is 313 g/mol. The second-order valence-electron chi connectivity index (χ2n) is 4.85. The number of carboxylic acid groups (broad SMARTS) is 1. The molecule has 0 aliphatic carbocycles. The number of benzene rings is 1. The molecular weight excluding hydrogens is 296 g/mol. The van der Waals surface area contributed by atoms with Crippen molar-refractivity contribution in [2.24, 2.45) is 0 Å². The molecule has 1 aromatic rings. The number of nitrogens with one attached hydrogen (secondary N) is 1. The maximum absolute atomic E-state index is 12.1. The number of aromatic carboxylic acids is 1. The van der Waals surface area contributed by atoms with E-state index in [0.29, 0.717) is 18.8 Å². The first kappa shape index (κ1) is 15.6. The van der Waals surface area contributed by atoms with Crippen molar-refractivity contribution in [3.8, 4) is 0 Å². The van der Waals surface area contributed by atoms with Crippen molar-refractivity contribution in [1.82, 2.24) is 4.90 Å². The SMILES string of the molecule is COC1CCN(C(=O)Nc2ccc(C(=O)O)c(Cl)c2)CC1. The van der Waals surface area contributed by atoms with Crippen LogP contribution in [0.15, 0.2) is 18.2 Å². The first-order valence-electron chi connectivity index (χ1n) is 6.63. The van der Waals surface area contributed by atoms with Gasteiger partial charge in [-0.05, 0) is 31.0 Å². The molecule has 1 aliphatic rings. The van der Waals surface area contributed by atoms with Crippen molar-refractivity contribution >= 4 is 29.3 Å². The Morgan fingerprint density at radius 2 is 2.05 bits per heavy atom. The molecule has 6 nitrogen and oxygen atoms in total. The number of carbonyl (C=O) groups is 2. The Morgan fingerprint density at radius 1 is 1.38 bits per heavy atom. The summed E-state index contributed by atoms with van der Waals surface area (Å²) in [7, 11) is 1.67. The first-order valence-corrected chi connectivity index (χ1v) is 7.00. The predicted octanol–water partition coefficient (Wildman–Crippen LogP) is 2.68. The van der Waals surface area contributed by atoms with Crippen LogP contribution < -0.4 is 5.32 Å². The number of halogens is 1. The molecule has 0 bridgehead atoms. The molecule has 0 unspecified atom stereocenters. The summed E-state index contributed by atoms with van der Waals surface area (Å²) in [6, 6.07) is 4.11. The number of carbonyl (C=O) groups excluding carboxylic acids is 1. The van der Waals surface area contributed by atoms with Crippen molar-refractivity contribution in [3.63, 3.8) is 0 Å². The van der Waals surface area contributed by atoms with E-state index < -0.39 is 5.97 Å². The van der Waals surface area contributed by atoms with Crippen molar-refractivity contribution < 1.29 is 19.4 Å². The molecule has 21 heavy (non-hydrogen) atoms. The molecule has 1 aromatic carbocycles. The smallest absolute Gasteiger partial charge is 0.337 e. The highest BCUT2D eigenvalue weighted by atomic mass is 35.5. The monoisotopic (exact) mass is 312 g/mol. The number of nitrogens with zero attached hydrogens (tertiary/aromatic N) is 1. The van der Waals surface area contributed by atoms with E-state index in [2.05, 4.69) is 5.32 Å². The molecule has 2 rings (SSSR count). The van der Waals surface area contributed by atoms with E-state index in [1.165, 1.54) is 18.2 Å². The van der Waals surface area contributed by atoms with Gasteiger partial charge in [-0.25, -0.2) is 9.59 Å². The minimum atomic E-state index is -1.10. The number of hydrogen-bond donors (Lipinski definition) is 2. The third-order valence-corrected chi connectivity index (χ3v) is 3.83. The molecule has 1 saturated heterocycles. The second kappa shape index (κ2) is 6.78. The summed E-state index contributed by atoms with van der Waals surface area (Å²) in [4.78, 5) is 24.7. The van der Waals surface area contributed by atoms with Gasteiger partial charge in [-0.1, -0.05) is 11.6 Å². The molecule has 2 N–H and O–H groups in total. The number of carboxylic acids is 1. The van der Waals surface area contributed by atoms with E-state index in [0.717, 1.165) is 12.8 Å². The number of anilines is 1. The summed E-state index contributed by atoms with van der Waals surface area (Å²) in [6.07, 6.45) is 1.82. The van der Waals surface area contributed by atoms with Crippen molar-refractivity contribution in [1.29, 1.82) is 0 Å². The Bertz CT molecular complexity index is 542. The minimum Gasteiger partial charge on any atom is -0.478 e. The van der Waals surface area contributed by atoms with E-state index in [1.807, 2.05) is 0 Å². The molecule has 2 amide bonds. The van der Waals surface area contributed by atoms with Crippen LogP contribution in [0.3, 0.4) is 0 Å². The Balaban J connectivity index is 1.97. The Morgan fingerprint density at radius 3 is 2.57 bits per heavy atom. The topological polar surface area (TPSA) is 78.9 Å². The number of ether oxygens (including phenoxy) is 1. The van der Waals surface area contributed by atoms with Gasteiger partial charge in [-0.2, -0.15) is 0 Å². The van der Waals surface area contributed by atoms with Gasteiger partial charge >= 0.3 is 12.0 Å². The highest BCUT2D eigenvalue weighted by molar-refractivity contribution is 6.33. The fourth-order valence-corrected chi connectivity index (χ4v) is 2.52. The van der Waals surface area contributed by atoms with Crippen LogP contribution in [0.25, 0.3) is 0 Å². The number of likely N-dealkylation sites (tertiary alicyclic amines) is 1. The largest absolute Gasteiger partial charge is 0.478 e. The minimum absolute atomic E-state index is 0.00979. The zero-order valence-corrected chi connectivity index (χ0v) is 12.4. The maximum Gasteiger partial charge on any atom is 0.337 e. The molecule has 0 spiro atoms. The number of urea groups is 1. The normalized spacial score (nSPS) is 15.8. The quantitative estimate of drug-likeness (QED) is 0.899. The van der Waals surface area contributed by atoms with E-state index in [1.54, 1.807) is 12.0 Å². The summed E-state index contributed by atoms with van der Waals surface area (Å²) in [5, 5.41) is 11.7. The molecule has 0 radical (unpaired) electrons. The number of hydrogen-bond acceptors (Lipinski definition) is 3. The van der Waals surface area contributed by atoms with Gasteiger partial charge in [-0.3, -0.25) is 0 Å². The van der Waals surface area contributed by atoms with Crippen LogP contribution in [0, 0.1) is 0 Å². The van der Waals surface area contributed by atoms with E-state index >= 15 is 0 Å². The fourth-order valence-electron chi connectivity index (χ4n) is 2.26. The third kappa shape index (κ3) is 3.86. The summed E-state index contributed by atoms with van der Waals surface area (Å²) >= 11 is 5.87. The zero-order valence-electron chi connectivity index (χ0n) is 11.6. The van der Waals surface area contributed by atoms with Gasteiger partial charge in [0.25, 0.3) is 0 Å². The standard InChI is InChI=1S/C14H17ClN2O4/c1-21-10-4-6-17(7-5-10)14(20)16-9-2-3-11(13(18)19)12(15)8-9/h2-3,8,10H,4-7H2,1H3,(H,16,20)(H,18,19). The highest BCUT2D eigenvalue weighted by Gasteiger charge is 2.22. The summed E-state index contributed by atoms with van der Waals surface area (Å²) < 4.78 is 5.26. The van der Waals surface area contributed by atoms with Gasteiger partial charge < -0.3 is 20.1 Å². The van der Waals surface area contributed by atoms with Gasteiger partial charge in [0.2, 0.25) is 0 Å². The van der Waals surface area contributed by atoms with Gasteiger partial charge in [-0.15, -0.1) is 0 Å². The molecule has 114 valence electrons. The van der Waals surface area contributed by atoms with Crippen molar-refractivity contribution in [2.45, 2.75) is 18.9 Å². The molecular formula is C14H17ClN2O4. The Labute approximate surface area is 127 Å². The van der Waals surface area contributed by atoms with Crippen LogP contribution in [0.4, 0.5) is 10.5 Å². The molecule has 1 aliphatic heterocycles. The molecule has 0 atom stereocenters. The lowest BCUT2D eigenvalue weighted by Crippen LogP contribution is -2.42. The van der Waals surface area contributed by atoms with Gasteiger partial charge in [0.1, 0.15) is 0 Å². The van der Waals surface area contributed by atoms with Crippen LogP contribution >= 0.6 is 11.6 Å². The number of rotatable bonds is 3. The lowest BCUT2D eigenvalue weighted by atomic mass is 10.1. The lowest BCUT2D eigenvalue weighted by molar-refractivity contribution is 0.0521. The van der Waals surface area contributed by atoms with Crippen molar-refractivity contribution in [3.05, 3.63) is 28.8 Å². The third-order valence-electron chi connectivity index (χ3n) is 3.51.